The molecular formula is C17H23N3O3S2. The summed E-state index contributed by atoms with van der Waals surface area (Å²) < 4.78 is 6.68. The van der Waals surface area contributed by atoms with E-state index in [1.165, 1.54) is 18.4 Å². The molecule has 0 saturated carbocycles. The lowest BCUT2D eigenvalue weighted by molar-refractivity contribution is -0.119. The number of ether oxygens (including phenoxy) is 1. The number of amides is 1. The Labute approximate surface area is 156 Å². The molecule has 1 amide bonds. The molecule has 1 N–H and O–H groups in total. The minimum absolute atomic E-state index is 0.119. The maximum absolute atomic E-state index is 12.8. The van der Waals surface area contributed by atoms with Crippen LogP contribution in [0.25, 0.3) is 0 Å². The van der Waals surface area contributed by atoms with E-state index in [1.807, 2.05) is 49.2 Å². The minimum atomic E-state index is -0.482. The Bertz CT molecular complexity index is 711. The Morgan fingerprint density at radius 3 is 2.60 bits per heavy atom. The molecule has 0 aromatic carbocycles. The highest BCUT2D eigenvalue weighted by Crippen LogP contribution is 2.31. The normalized spacial score (nSPS) is 12.2. The fourth-order valence-electron chi connectivity index (χ4n) is 2.41. The second-order valence-corrected chi connectivity index (χ2v) is 7.81. The van der Waals surface area contributed by atoms with Gasteiger partial charge in [0.05, 0.1) is 7.11 Å². The SMILES string of the molecule is COC(=O)c1nc(NC(=O)[C@@H](CCSC)n2cccc2)sc1C(C)C. The number of nitrogens with one attached hydrogen (secondary N) is 1. The van der Waals surface area contributed by atoms with Gasteiger partial charge >= 0.3 is 5.97 Å². The molecule has 0 unspecified atom stereocenters. The molecule has 136 valence electrons. The zero-order chi connectivity index (χ0) is 18.4. The van der Waals surface area contributed by atoms with Gasteiger partial charge < -0.3 is 14.6 Å². The number of rotatable bonds is 8. The summed E-state index contributed by atoms with van der Waals surface area (Å²) in [4.78, 5) is 29.8. The predicted molar refractivity (Wildman–Crippen MR) is 103 cm³/mol. The molecule has 0 bridgehead atoms. The number of hydrogen-bond donors (Lipinski definition) is 1. The Hall–Kier alpha value is -1.80. The van der Waals surface area contributed by atoms with E-state index in [0.717, 1.165) is 10.6 Å². The van der Waals surface area contributed by atoms with Crippen molar-refractivity contribution in [2.24, 2.45) is 0 Å². The van der Waals surface area contributed by atoms with Crippen LogP contribution in [0, 0.1) is 0 Å². The average Bonchev–Trinajstić information content (AvgIpc) is 3.24. The molecule has 2 aromatic heterocycles. The number of hydrogen-bond acceptors (Lipinski definition) is 6. The number of nitrogens with zero attached hydrogens (tertiary/aromatic N) is 2. The molecule has 6 nitrogen and oxygen atoms in total. The zero-order valence-electron chi connectivity index (χ0n) is 14.8. The number of aromatic nitrogens is 2. The van der Waals surface area contributed by atoms with E-state index in [9.17, 15) is 9.59 Å². The third kappa shape index (κ3) is 4.85. The van der Waals surface area contributed by atoms with Gasteiger partial charge in [-0.15, -0.1) is 11.3 Å². The minimum Gasteiger partial charge on any atom is -0.464 e. The summed E-state index contributed by atoms with van der Waals surface area (Å²) in [6.45, 7) is 3.96. The van der Waals surface area contributed by atoms with Gasteiger partial charge in [0.2, 0.25) is 5.91 Å². The van der Waals surface area contributed by atoms with E-state index in [2.05, 4.69) is 10.3 Å². The molecule has 1 atom stereocenters. The lowest BCUT2D eigenvalue weighted by Crippen LogP contribution is -2.26. The monoisotopic (exact) mass is 381 g/mol. The molecule has 0 saturated heterocycles. The van der Waals surface area contributed by atoms with E-state index in [-0.39, 0.29) is 23.6 Å². The molecule has 8 heteroatoms. The molecule has 0 spiro atoms. The molecule has 0 fully saturated rings. The maximum Gasteiger partial charge on any atom is 0.357 e. The standard InChI is InChI=1S/C17H23N3O3S2/c1-11(2)14-13(16(22)23-3)18-17(25-14)19-15(21)12(7-10-24-4)20-8-5-6-9-20/h5-6,8-9,11-12H,7,10H2,1-4H3,(H,18,19,21)/t12-/m1/s1. The van der Waals surface area contributed by atoms with Gasteiger partial charge in [0.1, 0.15) is 6.04 Å². The molecular weight excluding hydrogens is 358 g/mol. The number of thioether (sulfide) groups is 1. The first-order valence-corrected chi connectivity index (χ1v) is 10.2. The molecule has 0 aliphatic rings. The Kier molecular flexibility index (Phi) is 7.07. The van der Waals surface area contributed by atoms with E-state index in [0.29, 0.717) is 11.6 Å². The van der Waals surface area contributed by atoms with Crippen LogP contribution in [0.1, 0.15) is 47.6 Å². The van der Waals surface area contributed by atoms with E-state index < -0.39 is 5.97 Å². The van der Waals surface area contributed by atoms with Gasteiger partial charge in [0, 0.05) is 17.3 Å². The third-order valence-electron chi connectivity index (χ3n) is 3.67. The first kappa shape index (κ1) is 19.5. The number of esters is 1. The van der Waals surface area contributed by atoms with Gasteiger partial charge in [0.15, 0.2) is 10.8 Å². The topological polar surface area (TPSA) is 73.2 Å². The van der Waals surface area contributed by atoms with Crippen LogP contribution in [0.3, 0.4) is 0 Å². The summed E-state index contributed by atoms with van der Waals surface area (Å²) in [5.74, 6) is 0.378. The number of carbonyl (C=O) groups excluding carboxylic acids is 2. The highest BCUT2D eigenvalue weighted by atomic mass is 32.2. The number of carbonyl (C=O) groups is 2. The summed E-state index contributed by atoms with van der Waals surface area (Å²) >= 11 is 3.02. The molecule has 0 aliphatic heterocycles. The average molecular weight is 382 g/mol. The number of anilines is 1. The van der Waals surface area contributed by atoms with Crippen molar-refractivity contribution in [3.63, 3.8) is 0 Å². The molecule has 0 radical (unpaired) electrons. The van der Waals surface area contributed by atoms with Crippen LogP contribution >= 0.6 is 23.1 Å². The lowest BCUT2D eigenvalue weighted by Gasteiger charge is -2.17. The molecule has 2 rings (SSSR count). The smallest absolute Gasteiger partial charge is 0.357 e. The van der Waals surface area contributed by atoms with Crippen molar-refractivity contribution in [1.29, 1.82) is 0 Å². The Morgan fingerprint density at radius 2 is 2.04 bits per heavy atom. The quantitative estimate of drug-likeness (QED) is 0.704. The Balaban J connectivity index is 2.21. The summed E-state index contributed by atoms with van der Waals surface area (Å²) in [5.41, 5.74) is 0.277. The van der Waals surface area contributed by atoms with Gasteiger partial charge in [-0.05, 0) is 36.5 Å². The van der Waals surface area contributed by atoms with Gasteiger partial charge in [0.25, 0.3) is 0 Å². The molecule has 2 aromatic rings. The fraction of sp³-hybridized carbons (Fsp3) is 0.471. The van der Waals surface area contributed by atoms with Gasteiger partial charge in [-0.3, -0.25) is 4.79 Å². The third-order valence-corrected chi connectivity index (χ3v) is 5.59. The van der Waals surface area contributed by atoms with Crippen LogP contribution in [0.2, 0.25) is 0 Å². The highest BCUT2D eigenvalue weighted by Gasteiger charge is 2.24. The Morgan fingerprint density at radius 1 is 1.36 bits per heavy atom. The number of thiazole rings is 1. The zero-order valence-corrected chi connectivity index (χ0v) is 16.4. The van der Waals surface area contributed by atoms with Crippen molar-refractivity contribution in [3.8, 4) is 0 Å². The van der Waals surface area contributed by atoms with Gasteiger partial charge in [-0.1, -0.05) is 13.8 Å². The van der Waals surface area contributed by atoms with Crippen LogP contribution in [-0.2, 0) is 9.53 Å². The van der Waals surface area contributed by atoms with Crippen LogP contribution in [-0.4, -0.2) is 40.5 Å². The van der Waals surface area contributed by atoms with Crippen molar-refractivity contribution in [2.75, 3.05) is 24.4 Å². The summed E-state index contributed by atoms with van der Waals surface area (Å²) in [7, 11) is 1.33. The molecule has 25 heavy (non-hydrogen) atoms. The van der Waals surface area contributed by atoms with Crippen LogP contribution < -0.4 is 5.32 Å². The van der Waals surface area contributed by atoms with Crippen molar-refractivity contribution in [1.82, 2.24) is 9.55 Å². The lowest BCUT2D eigenvalue weighted by atomic mass is 10.1. The summed E-state index contributed by atoms with van der Waals surface area (Å²) in [6, 6.07) is 3.49. The van der Waals surface area contributed by atoms with Crippen LogP contribution in [0.5, 0.6) is 0 Å². The summed E-state index contributed by atoms with van der Waals surface area (Å²) in [5, 5.41) is 3.29. The van der Waals surface area contributed by atoms with E-state index in [4.69, 9.17) is 4.74 Å². The van der Waals surface area contributed by atoms with Crippen LogP contribution in [0.4, 0.5) is 5.13 Å². The fourth-order valence-corrected chi connectivity index (χ4v) is 3.83. The van der Waals surface area contributed by atoms with Crippen LogP contribution in [0.15, 0.2) is 24.5 Å². The van der Waals surface area contributed by atoms with Crippen molar-refractivity contribution in [3.05, 3.63) is 35.1 Å². The van der Waals surface area contributed by atoms with E-state index in [1.54, 1.807) is 11.8 Å². The van der Waals surface area contributed by atoms with Gasteiger partial charge in [-0.25, -0.2) is 9.78 Å². The second-order valence-electron chi connectivity index (χ2n) is 5.79. The first-order chi connectivity index (χ1) is 12.0. The van der Waals surface area contributed by atoms with E-state index >= 15 is 0 Å². The predicted octanol–water partition coefficient (Wildman–Crippen LogP) is 3.79. The first-order valence-electron chi connectivity index (χ1n) is 7.99. The number of methoxy groups -OCH3 is 1. The van der Waals surface area contributed by atoms with Gasteiger partial charge in [-0.2, -0.15) is 11.8 Å². The maximum atomic E-state index is 12.8. The van der Waals surface area contributed by atoms with Crippen molar-refractivity contribution < 1.29 is 14.3 Å². The summed E-state index contributed by atoms with van der Waals surface area (Å²) in [6.07, 6.45) is 6.49. The van der Waals surface area contributed by atoms with Crippen molar-refractivity contribution >= 4 is 40.1 Å². The highest BCUT2D eigenvalue weighted by molar-refractivity contribution is 7.98. The molecule has 0 aliphatic carbocycles. The molecule has 2 heterocycles. The largest absolute Gasteiger partial charge is 0.464 e. The second kappa shape index (κ2) is 9.05. The van der Waals surface area contributed by atoms with Crippen molar-refractivity contribution in [2.45, 2.75) is 32.2 Å².